The minimum atomic E-state index is -1.39. The molecule has 0 aliphatic carbocycles. The Balaban J connectivity index is 1.72. The van der Waals surface area contributed by atoms with E-state index in [0.29, 0.717) is 5.66 Å². The van der Waals surface area contributed by atoms with Gasteiger partial charge in [0, 0.05) is 0 Å². The third-order valence-corrected chi connectivity index (χ3v) is 12.5. The second-order valence-corrected chi connectivity index (χ2v) is 15.3. The molecule has 0 unspecified atom stereocenters. The molecular weight excluding hydrogens is 456 g/mol. The quantitative estimate of drug-likeness (QED) is 0.218. The third kappa shape index (κ3) is 6.70. The number of carbonyl (C=O) groups excluding carboxylic acids is 1. The number of methoxy groups -OCH3 is 1. The van der Waals surface area contributed by atoms with Crippen LogP contribution in [-0.4, -0.2) is 51.1 Å². The van der Waals surface area contributed by atoms with E-state index >= 15 is 0 Å². The van der Waals surface area contributed by atoms with Crippen LogP contribution in [0.3, 0.4) is 0 Å². The summed E-state index contributed by atoms with van der Waals surface area (Å²) in [6.07, 6.45) is 16.3. The van der Waals surface area contributed by atoms with E-state index in [4.69, 9.17) is 0 Å². The maximum absolute atomic E-state index is 11.3. The number of esters is 1. The number of ether oxygens (including phenoxy) is 1. The molecule has 1 aliphatic heterocycles. The number of hydrogen-bond acceptors (Lipinski definition) is 3. The van der Waals surface area contributed by atoms with Crippen LogP contribution in [0.2, 0.25) is 0 Å². The van der Waals surface area contributed by atoms with Crippen LogP contribution < -0.4 is 0 Å². The molecule has 0 bridgehead atoms. The Hall–Kier alpha value is -2.12. The Morgan fingerprint density at radius 1 is 0.967 bits per heavy atom. The molecule has 3 rings (SSSR count). The van der Waals surface area contributed by atoms with Crippen LogP contribution in [0.5, 0.6) is 0 Å². The molecular formula is C25H28NO2PSe. The van der Waals surface area contributed by atoms with Gasteiger partial charge in [0.2, 0.25) is 0 Å². The van der Waals surface area contributed by atoms with Crippen molar-refractivity contribution in [1.29, 1.82) is 0 Å². The van der Waals surface area contributed by atoms with Gasteiger partial charge >= 0.3 is 188 Å². The average Bonchev–Trinajstić information content (AvgIpc) is 2.81. The minimum absolute atomic E-state index is 0.352. The molecule has 1 aliphatic rings. The number of hydrogen-bond donors (Lipinski definition) is 0. The molecule has 1 heterocycles. The number of nitrogens with zero attached hydrogens (tertiary/aromatic N) is 1. The topological polar surface area (TPSA) is 29.5 Å². The molecule has 30 heavy (non-hydrogen) atoms. The first-order valence-corrected chi connectivity index (χ1v) is 14.6. The molecule has 0 spiro atoms. The van der Waals surface area contributed by atoms with Gasteiger partial charge in [-0.05, 0) is 0 Å². The van der Waals surface area contributed by atoms with Crippen molar-refractivity contribution in [1.82, 2.24) is 4.90 Å². The summed E-state index contributed by atoms with van der Waals surface area (Å²) in [6.45, 7) is 0. The zero-order chi connectivity index (χ0) is 21.2. The third-order valence-electron chi connectivity index (χ3n) is 5.28. The SMILES string of the molecule is COC(=O)/C=C/N1C=CC(P(=[Se])(CCc2ccccc2)CCc2ccccc2)C=C1. The van der Waals surface area contributed by atoms with Gasteiger partial charge in [0.25, 0.3) is 0 Å². The fourth-order valence-corrected chi connectivity index (χ4v) is 8.36. The second kappa shape index (κ2) is 11.3. The number of carbonyl (C=O) groups is 1. The molecule has 156 valence electrons. The number of allylic oxidation sites excluding steroid dienone is 2. The van der Waals surface area contributed by atoms with Gasteiger partial charge in [-0.1, -0.05) is 0 Å². The summed E-state index contributed by atoms with van der Waals surface area (Å²) in [5.74, 6) is -0.352. The number of benzene rings is 2. The van der Waals surface area contributed by atoms with E-state index in [-0.39, 0.29) is 5.97 Å². The number of aryl methyl sites for hydroxylation is 2. The standard InChI is InChI=1S/C25H28NO2PSe/c1-28-25(27)14-19-26-17-12-24(13-18-26)29(30,20-15-22-8-4-2-5-9-22)21-16-23-10-6-3-7-11-23/h2-14,17-19,24H,15-16,20-21H2,1H3/b19-14+. The summed E-state index contributed by atoms with van der Waals surface area (Å²) in [5, 5.41) is 0. The molecule has 2 aromatic carbocycles. The van der Waals surface area contributed by atoms with E-state index in [0.717, 1.165) is 12.8 Å². The molecule has 3 nitrogen and oxygen atoms in total. The van der Waals surface area contributed by atoms with Gasteiger partial charge < -0.3 is 0 Å². The first-order chi connectivity index (χ1) is 14.6. The fourth-order valence-electron chi connectivity index (χ4n) is 3.45. The molecule has 0 aromatic heterocycles. The first kappa shape index (κ1) is 22.6. The summed E-state index contributed by atoms with van der Waals surface area (Å²) in [4.78, 5) is 13.2. The summed E-state index contributed by atoms with van der Waals surface area (Å²) < 4.78 is 4.66. The molecule has 5 heteroatoms. The second-order valence-electron chi connectivity index (χ2n) is 7.33. The van der Waals surface area contributed by atoms with Crippen molar-refractivity contribution in [2.45, 2.75) is 18.5 Å². The van der Waals surface area contributed by atoms with Crippen LogP contribution in [0.1, 0.15) is 11.1 Å². The van der Waals surface area contributed by atoms with Crippen molar-refractivity contribution < 1.29 is 9.53 Å². The average molecular weight is 484 g/mol. The maximum atomic E-state index is 11.3. The first-order valence-electron chi connectivity index (χ1n) is 10.1. The van der Waals surface area contributed by atoms with E-state index < -0.39 is 5.51 Å². The Morgan fingerprint density at radius 2 is 1.47 bits per heavy atom. The predicted octanol–water partition coefficient (Wildman–Crippen LogP) is 4.97. The van der Waals surface area contributed by atoms with Crippen LogP contribution >= 0.6 is 5.51 Å². The molecule has 0 saturated heterocycles. The Bertz CT molecular complexity index is 892. The molecule has 0 radical (unpaired) electrons. The normalized spacial score (nSPS) is 14.4. The Kier molecular flexibility index (Phi) is 8.51. The molecule has 0 fully saturated rings. The van der Waals surface area contributed by atoms with Gasteiger partial charge in [-0.15, -0.1) is 0 Å². The van der Waals surface area contributed by atoms with Crippen molar-refractivity contribution >= 4 is 26.6 Å². The molecule has 0 amide bonds. The van der Waals surface area contributed by atoms with Crippen molar-refractivity contribution in [2.75, 3.05) is 19.4 Å². The van der Waals surface area contributed by atoms with Crippen LogP contribution in [-0.2, 0) is 22.4 Å². The van der Waals surface area contributed by atoms with E-state index in [1.165, 1.54) is 36.6 Å². The van der Waals surface area contributed by atoms with Crippen molar-refractivity contribution in [3.8, 4) is 0 Å². The van der Waals surface area contributed by atoms with E-state index in [1.54, 1.807) is 6.20 Å². The van der Waals surface area contributed by atoms with Crippen molar-refractivity contribution in [3.63, 3.8) is 0 Å². The van der Waals surface area contributed by atoms with Crippen LogP contribution in [0.15, 0.2) is 97.5 Å². The van der Waals surface area contributed by atoms with Gasteiger partial charge in [0.15, 0.2) is 0 Å². The summed E-state index contributed by atoms with van der Waals surface area (Å²) in [7, 11) is 1.38. The molecule has 0 N–H and O–H groups in total. The van der Waals surface area contributed by atoms with E-state index in [9.17, 15) is 4.79 Å². The Labute approximate surface area is 187 Å². The summed E-state index contributed by atoms with van der Waals surface area (Å²) in [5.41, 5.74) is 1.79. The fraction of sp³-hybridized carbons (Fsp3) is 0.240. The van der Waals surface area contributed by atoms with E-state index in [1.807, 2.05) is 17.3 Å². The number of rotatable bonds is 9. The molecule has 2 aromatic rings. The van der Waals surface area contributed by atoms with Crippen LogP contribution in [0.4, 0.5) is 0 Å². The van der Waals surface area contributed by atoms with Gasteiger partial charge in [0.05, 0.1) is 0 Å². The van der Waals surface area contributed by atoms with Crippen molar-refractivity contribution in [2.24, 2.45) is 0 Å². The monoisotopic (exact) mass is 485 g/mol. The molecule has 0 atom stereocenters. The van der Waals surface area contributed by atoms with Crippen LogP contribution in [0, 0.1) is 0 Å². The van der Waals surface area contributed by atoms with Crippen LogP contribution in [0.25, 0.3) is 0 Å². The Morgan fingerprint density at radius 3 is 1.93 bits per heavy atom. The van der Waals surface area contributed by atoms with Gasteiger partial charge in [0.1, 0.15) is 0 Å². The van der Waals surface area contributed by atoms with Crippen molar-refractivity contribution in [3.05, 3.63) is 109 Å². The summed E-state index contributed by atoms with van der Waals surface area (Å²) >= 11 is 3.67. The predicted molar refractivity (Wildman–Crippen MR) is 128 cm³/mol. The molecule has 0 saturated carbocycles. The zero-order valence-corrected chi connectivity index (χ0v) is 19.9. The van der Waals surface area contributed by atoms with Gasteiger partial charge in [-0.25, -0.2) is 0 Å². The van der Waals surface area contributed by atoms with Gasteiger partial charge in [-0.2, -0.15) is 0 Å². The van der Waals surface area contributed by atoms with E-state index in [2.05, 4.69) is 92.7 Å². The summed E-state index contributed by atoms with van der Waals surface area (Å²) in [6, 6.07) is 21.5. The van der Waals surface area contributed by atoms with Gasteiger partial charge in [-0.3, -0.25) is 0 Å². The zero-order valence-electron chi connectivity index (χ0n) is 17.3.